The van der Waals surface area contributed by atoms with Gasteiger partial charge in [0.05, 0.1) is 12.6 Å². The topological polar surface area (TPSA) is 69.6 Å². The predicted octanol–water partition coefficient (Wildman–Crippen LogP) is 2.97. The molecule has 1 aliphatic heterocycles. The number of carboxylic acid groups (broad SMARTS) is 1. The number of nitrogens with zero attached hydrogens (tertiary/aromatic N) is 1. The van der Waals surface area contributed by atoms with Crippen LogP contribution < -0.4 is 5.32 Å². The van der Waals surface area contributed by atoms with Crippen molar-refractivity contribution in [2.75, 3.05) is 13.1 Å². The minimum absolute atomic E-state index is 0.0277. The van der Waals surface area contributed by atoms with Crippen molar-refractivity contribution in [3.8, 4) is 0 Å². The second-order valence-corrected chi connectivity index (χ2v) is 7.32. The average Bonchev–Trinajstić information content (AvgIpc) is 3.09. The Morgan fingerprint density at radius 2 is 1.80 bits per heavy atom. The minimum Gasteiger partial charge on any atom is -0.480 e. The van der Waals surface area contributed by atoms with Crippen LogP contribution in [-0.2, 0) is 9.59 Å². The SMILES string of the molecule is O=C(CN1CCC[C@@H]1C(=O)O)NC(c1ccccc1)C1CCCCC1. The first kappa shape index (κ1) is 17.9. The Bertz CT molecular complexity index is 584. The third kappa shape index (κ3) is 4.60. The van der Waals surface area contributed by atoms with Gasteiger partial charge in [0.25, 0.3) is 0 Å². The molecule has 1 aliphatic carbocycles. The zero-order chi connectivity index (χ0) is 17.6. The first-order valence-corrected chi connectivity index (χ1v) is 9.46. The highest BCUT2D eigenvalue weighted by atomic mass is 16.4. The summed E-state index contributed by atoms with van der Waals surface area (Å²) in [4.78, 5) is 25.8. The molecule has 0 bridgehead atoms. The summed E-state index contributed by atoms with van der Waals surface area (Å²) in [5.41, 5.74) is 1.15. The van der Waals surface area contributed by atoms with Crippen molar-refractivity contribution in [1.82, 2.24) is 10.2 Å². The van der Waals surface area contributed by atoms with Crippen molar-refractivity contribution < 1.29 is 14.7 Å². The van der Waals surface area contributed by atoms with Gasteiger partial charge in [-0.15, -0.1) is 0 Å². The van der Waals surface area contributed by atoms with Crippen LogP contribution in [0, 0.1) is 5.92 Å². The summed E-state index contributed by atoms with van der Waals surface area (Å²) in [5.74, 6) is -0.418. The summed E-state index contributed by atoms with van der Waals surface area (Å²) in [6, 6.07) is 9.68. The lowest BCUT2D eigenvalue weighted by Crippen LogP contribution is -2.45. The van der Waals surface area contributed by atoms with Gasteiger partial charge in [-0.1, -0.05) is 49.6 Å². The summed E-state index contributed by atoms with van der Waals surface area (Å²) in [5, 5.41) is 12.5. The van der Waals surface area contributed by atoms with Gasteiger partial charge >= 0.3 is 5.97 Å². The van der Waals surface area contributed by atoms with Crippen molar-refractivity contribution in [1.29, 1.82) is 0 Å². The van der Waals surface area contributed by atoms with Gasteiger partial charge in [0.2, 0.25) is 5.91 Å². The van der Waals surface area contributed by atoms with Crippen LogP contribution in [0.3, 0.4) is 0 Å². The number of carboxylic acids is 1. The number of carbonyl (C=O) groups is 2. The van der Waals surface area contributed by atoms with Crippen LogP contribution in [0.4, 0.5) is 0 Å². The molecule has 1 saturated heterocycles. The molecule has 1 heterocycles. The maximum atomic E-state index is 12.6. The Hall–Kier alpha value is -1.88. The van der Waals surface area contributed by atoms with E-state index in [0.717, 1.165) is 24.8 Å². The second kappa shape index (κ2) is 8.48. The fourth-order valence-electron chi connectivity index (χ4n) is 4.30. The lowest BCUT2D eigenvalue weighted by atomic mass is 9.81. The molecule has 1 aromatic rings. The summed E-state index contributed by atoms with van der Waals surface area (Å²) >= 11 is 0. The van der Waals surface area contributed by atoms with Gasteiger partial charge in [-0.05, 0) is 43.7 Å². The predicted molar refractivity (Wildman–Crippen MR) is 96.1 cm³/mol. The zero-order valence-electron chi connectivity index (χ0n) is 14.7. The molecule has 136 valence electrons. The minimum atomic E-state index is -0.822. The van der Waals surface area contributed by atoms with E-state index in [1.165, 1.54) is 19.3 Å². The van der Waals surface area contributed by atoms with Gasteiger partial charge in [-0.3, -0.25) is 14.5 Å². The summed E-state index contributed by atoms with van der Waals surface area (Å²) in [7, 11) is 0. The molecule has 5 nitrogen and oxygen atoms in total. The number of aliphatic carboxylic acids is 1. The second-order valence-electron chi connectivity index (χ2n) is 7.32. The third-order valence-electron chi connectivity index (χ3n) is 5.59. The molecule has 3 rings (SSSR count). The largest absolute Gasteiger partial charge is 0.480 e. The van der Waals surface area contributed by atoms with Crippen molar-refractivity contribution in [2.24, 2.45) is 5.92 Å². The number of hydrogen-bond acceptors (Lipinski definition) is 3. The van der Waals surface area contributed by atoms with Crippen LogP contribution in [0.1, 0.15) is 56.6 Å². The van der Waals surface area contributed by atoms with Crippen molar-refractivity contribution >= 4 is 11.9 Å². The Balaban J connectivity index is 1.67. The van der Waals surface area contributed by atoms with E-state index in [-0.39, 0.29) is 18.5 Å². The molecular formula is C20H28N2O3. The fourth-order valence-corrected chi connectivity index (χ4v) is 4.30. The highest BCUT2D eigenvalue weighted by Gasteiger charge is 2.33. The molecule has 0 spiro atoms. The Labute approximate surface area is 149 Å². The van der Waals surface area contributed by atoms with Gasteiger partial charge in [0, 0.05) is 0 Å². The van der Waals surface area contributed by atoms with Gasteiger partial charge in [0.15, 0.2) is 0 Å². The van der Waals surface area contributed by atoms with Crippen molar-refractivity contribution in [3.63, 3.8) is 0 Å². The number of benzene rings is 1. The van der Waals surface area contributed by atoms with E-state index >= 15 is 0 Å². The molecule has 0 aromatic heterocycles. The van der Waals surface area contributed by atoms with Crippen LogP contribution in [0.2, 0.25) is 0 Å². The smallest absolute Gasteiger partial charge is 0.320 e. The third-order valence-corrected chi connectivity index (χ3v) is 5.59. The van der Waals surface area contributed by atoms with Crippen LogP contribution >= 0.6 is 0 Å². The summed E-state index contributed by atoms with van der Waals surface area (Å²) < 4.78 is 0. The molecule has 0 radical (unpaired) electrons. The maximum Gasteiger partial charge on any atom is 0.320 e. The molecule has 1 aromatic carbocycles. The molecule has 2 fully saturated rings. The van der Waals surface area contributed by atoms with Crippen LogP contribution in [0.25, 0.3) is 0 Å². The number of carbonyl (C=O) groups excluding carboxylic acids is 1. The van der Waals surface area contributed by atoms with E-state index in [9.17, 15) is 14.7 Å². The van der Waals surface area contributed by atoms with E-state index in [1.807, 2.05) is 18.2 Å². The molecule has 2 atom stereocenters. The lowest BCUT2D eigenvalue weighted by Gasteiger charge is -2.32. The van der Waals surface area contributed by atoms with Gasteiger partial charge in [-0.25, -0.2) is 0 Å². The number of amides is 1. The van der Waals surface area contributed by atoms with Crippen LogP contribution in [-0.4, -0.2) is 41.0 Å². The van der Waals surface area contributed by atoms with E-state index in [4.69, 9.17) is 0 Å². The summed E-state index contributed by atoms with van der Waals surface area (Å²) in [6.45, 7) is 0.858. The molecule has 5 heteroatoms. The number of nitrogens with one attached hydrogen (secondary N) is 1. The first-order valence-electron chi connectivity index (χ1n) is 9.46. The first-order chi connectivity index (χ1) is 12.1. The Morgan fingerprint density at radius 1 is 1.08 bits per heavy atom. The molecule has 2 N–H and O–H groups in total. The van der Waals surface area contributed by atoms with Crippen LogP contribution in [0.5, 0.6) is 0 Å². The summed E-state index contributed by atoms with van der Waals surface area (Å²) in [6.07, 6.45) is 7.47. The monoisotopic (exact) mass is 344 g/mol. The van der Waals surface area contributed by atoms with Crippen molar-refractivity contribution in [2.45, 2.75) is 57.0 Å². The molecule has 1 unspecified atom stereocenters. The number of rotatable bonds is 6. The van der Waals surface area contributed by atoms with Gasteiger partial charge < -0.3 is 10.4 Å². The van der Waals surface area contributed by atoms with Crippen LogP contribution in [0.15, 0.2) is 30.3 Å². The van der Waals surface area contributed by atoms with E-state index in [2.05, 4.69) is 17.4 Å². The van der Waals surface area contributed by atoms with E-state index in [0.29, 0.717) is 18.9 Å². The van der Waals surface area contributed by atoms with Crippen molar-refractivity contribution in [3.05, 3.63) is 35.9 Å². The van der Waals surface area contributed by atoms with E-state index in [1.54, 1.807) is 4.90 Å². The standard InChI is InChI=1S/C20H28N2O3/c23-18(14-22-13-7-12-17(22)20(24)25)21-19(15-8-3-1-4-9-15)16-10-5-2-6-11-16/h1,3-4,8-9,16-17,19H,2,5-7,10-14H2,(H,21,23)(H,24,25)/t17-,19?/m1/s1. The molecule has 2 aliphatic rings. The van der Waals surface area contributed by atoms with Gasteiger partial charge in [-0.2, -0.15) is 0 Å². The normalized spacial score (nSPS) is 23.3. The maximum absolute atomic E-state index is 12.6. The fraction of sp³-hybridized carbons (Fsp3) is 0.600. The highest BCUT2D eigenvalue weighted by Crippen LogP contribution is 2.34. The zero-order valence-corrected chi connectivity index (χ0v) is 14.7. The highest BCUT2D eigenvalue weighted by molar-refractivity contribution is 5.80. The Kier molecular flexibility index (Phi) is 6.08. The lowest BCUT2D eigenvalue weighted by molar-refractivity contribution is -0.142. The molecule has 1 saturated carbocycles. The Morgan fingerprint density at radius 3 is 2.48 bits per heavy atom. The number of hydrogen-bond donors (Lipinski definition) is 2. The molecule has 25 heavy (non-hydrogen) atoms. The average molecular weight is 344 g/mol. The van der Waals surface area contributed by atoms with Gasteiger partial charge in [0.1, 0.15) is 6.04 Å². The quantitative estimate of drug-likeness (QED) is 0.832. The molecule has 1 amide bonds. The number of likely N-dealkylation sites (tertiary alicyclic amines) is 1. The molecular weight excluding hydrogens is 316 g/mol. The van der Waals surface area contributed by atoms with E-state index < -0.39 is 12.0 Å².